The standard InChI is InChI=1S/C24H21N3O4/c1-12(28)27-16-6-4-3-5-14(16)24-11-19-23(10-17(20(29)25-19)26(2)21(23)30)13-7-8-18(15(24)9-13)31-22(24)27/h3-9,17,19,22H,10-11H2,1-2H3,(H,25,29)/t17-,19+,22+,23?,24-/m0/s1. The van der Waals surface area contributed by atoms with Crippen LogP contribution in [0.15, 0.2) is 42.5 Å². The molecule has 31 heavy (non-hydrogen) atoms. The summed E-state index contributed by atoms with van der Waals surface area (Å²) in [7, 11) is 1.72. The molecular weight excluding hydrogens is 394 g/mol. The van der Waals surface area contributed by atoms with Crippen molar-refractivity contribution in [1.82, 2.24) is 10.2 Å². The first-order valence-corrected chi connectivity index (χ1v) is 10.7. The third-order valence-electron chi connectivity index (χ3n) is 8.28. The molecule has 1 aliphatic carbocycles. The fourth-order valence-corrected chi connectivity index (χ4v) is 6.93. The van der Waals surface area contributed by atoms with Crippen LogP contribution in [0, 0.1) is 0 Å². The molecule has 3 amide bonds. The number of likely N-dealkylation sites (tertiary alicyclic amines) is 1. The molecule has 4 heterocycles. The molecule has 1 N–H and O–H groups in total. The van der Waals surface area contributed by atoms with E-state index in [2.05, 4.69) is 11.4 Å². The summed E-state index contributed by atoms with van der Waals surface area (Å²) in [6.45, 7) is 1.55. The van der Waals surface area contributed by atoms with Crippen LogP contribution in [0.25, 0.3) is 0 Å². The van der Waals surface area contributed by atoms with Crippen LogP contribution < -0.4 is 15.0 Å². The zero-order valence-corrected chi connectivity index (χ0v) is 17.2. The number of nitrogens with one attached hydrogen (secondary N) is 1. The fourth-order valence-electron chi connectivity index (χ4n) is 6.93. The third-order valence-corrected chi connectivity index (χ3v) is 8.28. The van der Waals surface area contributed by atoms with E-state index in [0.29, 0.717) is 12.8 Å². The Morgan fingerprint density at radius 1 is 1.10 bits per heavy atom. The Balaban J connectivity index is 1.54. The predicted molar refractivity (Wildman–Crippen MR) is 111 cm³/mol. The van der Waals surface area contributed by atoms with Crippen molar-refractivity contribution in [3.63, 3.8) is 0 Å². The molecular formula is C24H21N3O4. The van der Waals surface area contributed by atoms with Crippen molar-refractivity contribution in [3.05, 3.63) is 59.2 Å². The molecule has 0 aromatic heterocycles. The molecule has 2 aromatic carbocycles. The summed E-state index contributed by atoms with van der Waals surface area (Å²) in [6, 6.07) is 13.0. The maximum absolute atomic E-state index is 13.6. The Bertz CT molecular complexity index is 1240. The van der Waals surface area contributed by atoms with E-state index >= 15 is 0 Å². The lowest BCUT2D eigenvalue weighted by atomic mass is 9.66. The predicted octanol–water partition coefficient (Wildman–Crippen LogP) is 1.43. The molecule has 5 atom stereocenters. The minimum atomic E-state index is -0.787. The number of para-hydroxylation sites is 1. The maximum Gasteiger partial charge on any atom is 0.243 e. The minimum absolute atomic E-state index is 0.00986. The maximum atomic E-state index is 13.6. The van der Waals surface area contributed by atoms with Gasteiger partial charge >= 0.3 is 0 Å². The summed E-state index contributed by atoms with van der Waals surface area (Å²) in [5.74, 6) is 0.534. The van der Waals surface area contributed by atoms with Gasteiger partial charge in [-0.05, 0) is 42.2 Å². The van der Waals surface area contributed by atoms with Gasteiger partial charge in [0, 0.05) is 25.6 Å². The van der Waals surface area contributed by atoms with Crippen molar-refractivity contribution in [1.29, 1.82) is 0 Å². The fraction of sp³-hybridized carbons (Fsp3) is 0.375. The number of hydrogen-bond donors (Lipinski definition) is 1. The third kappa shape index (κ3) is 1.66. The molecule has 7 heteroatoms. The van der Waals surface area contributed by atoms with E-state index in [1.54, 1.807) is 23.8 Å². The van der Waals surface area contributed by atoms with Crippen LogP contribution in [0.3, 0.4) is 0 Å². The molecule has 2 spiro atoms. The molecule has 4 aliphatic heterocycles. The Morgan fingerprint density at radius 3 is 2.71 bits per heavy atom. The summed E-state index contributed by atoms with van der Waals surface area (Å²) in [5.41, 5.74) is 2.35. The highest BCUT2D eigenvalue weighted by atomic mass is 16.5. The first kappa shape index (κ1) is 17.3. The number of fused-ring (bicyclic) bond motifs is 3. The summed E-state index contributed by atoms with van der Waals surface area (Å²) in [5, 5.41) is 3.19. The monoisotopic (exact) mass is 415 g/mol. The molecule has 5 aliphatic rings. The van der Waals surface area contributed by atoms with Gasteiger partial charge in [-0.3, -0.25) is 19.3 Å². The molecule has 2 fully saturated rings. The van der Waals surface area contributed by atoms with Crippen LogP contribution in [0.4, 0.5) is 5.69 Å². The van der Waals surface area contributed by atoms with E-state index in [-0.39, 0.29) is 23.8 Å². The normalized spacial score (nSPS) is 35.7. The van der Waals surface area contributed by atoms with E-state index in [1.165, 1.54) is 0 Å². The Labute approximate surface area is 179 Å². The number of rotatable bonds is 0. The van der Waals surface area contributed by atoms with Crippen molar-refractivity contribution in [2.24, 2.45) is 0 Å². The van der Waals surface area contributed by atoms with Crippen LogP contribution in [0.5, 0.6) is 5.75 Å². The van der Waals surface area contributed by atoms with Crippen LogP contribution in [0.1, 0.15) is 36.5 Å². The first-order chi connectivity index (χ1) is 14.9. The Kier molecular flexibility index (Phi) is 2.85. The van der Waals surface area contributed by atoms with Crippen molar-refractivity contribution >= 4 is 23.4 Å². The second-order valence-electron chi connectivity index (χ2n) is 9.43. The lowest BCUT2D eigenvalue weighted by Crippen LogP contribution is -2.60. The van der Waals surface area contributed by atoms with Crippen LogP contribution >= 0.6 is 0 Å². The number of carbonyl (C=O) groups excluding carboxylic acids is 3. The largest absolute Gasteiger partial charge is 0.468 e. The average Bonchev–Trinajstić information content (AvgIpc) is 3.27. The van der Waals surface area contributed by atoms with E-state index < -0.39 is 23.1 Å². The van der Waals surface area contributed by atoms with Crippen molar-refractivity contribution < 1.29 is 19.1 Å². The quantitative estimate of drug-likeness (QED) is 0.706. The number of likely N-dealkylation sites (N-methyl/N-ethyl adjacent to an activating group) is 1. The van der Waals surface area contributed by atoms with Crippen LogP contribution in [0.2, 0.25) is 0 Å². The van der Waals surface area contributed by atoms with Gasteiger partial charge in [-0.1, -0.05) is 24.3 Å². The number of anilines is 1. The lowest BCUT2D eigenvalue weighted by molar-refractivity contribution is -0.133. The molecule has 7 nitrogen and oxygen atoms in total. The van der Waals surface area contributed by atoms with E-state index in [1.807, 2.05) is 36.4 Å². The summed E-state index contributed by atoms with van der Waals surface area (Å²) in [6.07, 6.45) is 0.445. The van der Waals surface area contributed by atoms with E-state index in [4.69, 9.17) is 4.74 Å². The number of hydrogen-bond acceptors (Lipinski definition) is 4. The zero-order chi connectivity index (χ0) is 21.3. The number of nitrogens with zero attached hydrogens (tertiary/aromatic N) is 2. The summed E-state index contributed by atoms with van der Waals surface area (Å²) < 4.78 is 6.40. The van der Waals surface area contributed by atoms with Gasteiger partial charge < -0.3 is 15.0 Å². The molecule has 1 unspecified atom stereocenters. The van der Waals surface area contributed by atoms with Crippen LogP contribution in [-0.2, 0) is 25.2 Å². The highest BCUT2D eigenvalue weighted by Crippen LogP contribution is 2.62. The average molecular weight is 415 g/mol. The molecule has 156 valence electrons. The number of amides is 3. The molecule has 4 bridgehead atoms. The van der Waals surface area contributed by atoms with Gasteiger partial charge in [-0.2, -0.15) is 0 Å². The number of piperidine rings is 1. The van der Waals surface area contributed by atoms with Gasteiger partial charge in [0.25, 0.3) is 0 Å². The van der Waals surface area contributed by atoms with Gasteiger partial charge in [0.1, 0.15) is 11.8 Å². The highest BCUT2D eigenvalue weighted by Gasteiger charge is 2.69. The van der Waals surface area contributed by atoms with Gasteiger partial charge in [0.05, 0.1) is 16.5 Å². The number of carbonyl (C=O) groups is 3. The zero-order valence-electron chi connectivity index (χ0n) is 17.2. The van der Waals surface area contributed by atoms with Crippen molar-refractivity contribution in [2.45, 2.75) is 48.9 Å². The number of ether oxygens (including phenoxy) is 1. The highest BCUT2D eigenvalue weighted by molar-refractivity contribution is 6.02. The molecule has 0 saturated carbocycles. The summed E-state index contributed by atoms with van der Waals surface area (Å²) in [4.78, 5) is 42.6. The van der Waals surface area contributed by atoms with E-state index in [0.717, 1.165) is 28.1 Å². The number of benzene rings is 2. The van der Waals surface area contributed by atoms with Gasteiger partial charge in [-0.25, -0.2) is 0 Å². The topological polar surface area (TPSA) is 79.0 Å². The summed E-state index contributed by atoms with van der Waals surface area (Å²) >= 11 is 0. The Hall–Kier alpha value is -3.35. The molecule has 2 saturated heterocycles. The van der Waals surface area contributed by atoms with E-state index in [9.17, 15) is 14.4 Å². The van der Waals surface area contributed by atoms with Crippen LogP contribution in [-0.4, -0.2) is 48.0 Å². The molecule has 7 rings (SSSR count). The lowest BCUT2D eigenvalue weighted by Gasteiger charge is -2.41. The molecule has 0 radical (unpaired) electrons. The SMILES string of the molecule is CC(=O)N1c2ccccc2[C@@]23C[C@H]4NC(=O)[C@@H]5CC4(C(=O)N5C)c4ccc(c2c4)O[C@@H]13. The first-order valence-electron chi connectivity index (χ1n) is 10.7. The second kappa shape index (κ2) is 5.10. The van der Waals surface area contributed by atoms with Gasteiger partial charge in [0.2, 0.25) is 17.7 Å². The minimum Gasteiger partial charge on any atom is -0.468 e. The van der Waals surface area contributed by atoms with Crippen molar-refractivity contribution in [3.8, 4) is 5.75 Å². The molecule has 2 aromatic rings. The smallest absolute Gasteiger partial charge is 0.243 e. The Morgan fingerprint density at radius 2 is 1.90 bits per heavy atom. The van der Waals surface area contributed by atoms with Gasteiger partial charge in [-0.15, -0.1) is 0 Å². The second-order valence-corrected chi connectivity index (χ2v) is 9.43. The van der Waals surface area contributed by atoms with Crippen molar-refractivity contribution in [2.75, 3.05) is 11.9 Å². The van der Waals surface area contributed by atoms with Gasteiger partial charge in [0.15, 0.2) is 6.23 Å².